The maximum Gasteiger partial charge on any atom is 0.311 e. The molecule has 0 aliphatic carbocycles. The Morgan fingerprint density at radius 1 is 1.23 bits per heavy atom. The maximum absolute atomic E-state index is 11.8. The number of nitrogens with zero attached hydrogens (tertiary/aromatic N) is 1. The van der Waals surface area contributed by atoms with E-state index in [4.69, 9.17) is 4.74 Å². The van der Waals surface area contributed by atoms with Gasteiger partial charge in [-0.3, -0.25) is 9.00 Å². The quantitative estimate of drug-likeness (QED) is 0.248. The second-order valence-electron chi connectivity index (χ2n) is 7.70. The standard InChI is InChI=1S/C24H26N4O4S3/c1-2-32-22(29)13-19-14-34-24(25-19)27-20(12-16-8-10-18(11-9-16)28-35(30)31)21-15-33-23(26-21)17-6-4-3-5-7-17/h3-11,14-15,20,23,26,28H,2,12-13H2,1H3,(H,25,27)(H,30,31)/p-1/t20-,23?/m0/s1. The molecule has 0 saturated heterocycles. The summed E-state index contributed by atoms with van der Waals surface area (Å²) in [6.45, 7) is 2.12. The fraction of sp³-hybridized carbons (Fsp3) is 0.250. The largest absolute Gasteiger partial charge is 0.755 e. The molecule has 4 rings (SSSR count). The number of thioether (sulfide) groups is 1. The average molecular weight is 530 g/mol. The molecule has 1 aromatic heterocycles. The summed E-state index contributed by atoms with van der Waals surface area (Å²) < 4.78 is 29.2. The molecular formula is C24H25N4O4S3-. The van der Waals surface area contributed by atoms with Gasteiger partial charge in [0.2, 0.25) is 0 Å². The van der Waals surface area contributed by atoms with E-state index in [2.05, 4.69) is 37.9 Å². The maximum atomic E-state index is 11.8. The number of rotatable bonds is 11. The van der Waals surface area contributed by atoms with Gasteiger partial charge in [0.05, 0.1) is 24.8 Å². The number of nitrogens with one attached hydrogen (secondary N) is 3. The van der Waals surface area contributed by atoms with Crippen molar-refractivity contribution >= 4 is 51.2 Å². The van der Waals surface area contributed by atoms with Gasteiger partial charge in [-0.1, -0.05) is 42.5 Å². The van der Waals surface area contributed by atoms with E-state index in [-0.39, 0.29) is 23.8 Å². The first-order valence-corrected chi connectivity index (χ1v) is 13.9. The second kappa shape index (κ2) is 12.2. The highest BCUT2D eigenvalue weighted by atomic mass is 32.2. The van der Waals surface area contributed by atoms with Crippen LogP contribution >= 0.6 is 23.1 Å². The zero-order chi connectivity index (χ0) is 24.6. The average Bonchev–Trinajstić information content (AvgIpc) is 3.50. The van der Waals surface area contributed by atoms with E-state index in [1.807, 2.05) is 35.7 Å². The van der Waals surface area contributed by atoms with Crippen LogP contribution in [0.15, 0.2) is 71.1 Å². The second-order valence-corrected chi connectivity index (χ2v) is 10.2. The molecule has 0 saturated carbocycles. The van der Waals surface area contributed by atoms with E-state index in [9.17, 15) is 13.6 Å². The van der Waals surface area contributed by atoms with Gasteiger partial charge in [0.1, 0.15) is 5.37 Å². The predicted octanol–water partition coefficient (Wildman–Crippen LogP) is 4.35. The number of anilines is 2. The van der Waals surface area contributed by atoms with Crippen LogP contribution in [0, 0.1) is 0 Å². The van der Waals surface area contributed by atoms with Gasteiger partial charge in [-0.05, 0) is 42.0 Å². The van der Waals surface area contributed by atoms with Gasteiger partial charge in [-0.2, -0.15) is 0 Å². The van der Waals surface area contributed by atoms with Crippen molar-refractivity contribution in [1.29, 1.82) is 0 Å². The predicted molar refractivity (Wildman–Crippen MR) is 141 cm³/mol. The minimum absolute atomic E-state index is 0.106. The molecule has 8 nitrogen and oxygen atoms in total. The molecule has 35 heavy (non-hydrogen) atoms. The van der Waals surface area contributed by atoms with Crippen molar-refractivity contribution < 1.29 is 18.3 Å². The van der Waals surface area contributed by atoms with Crippen molar-refractivity contribution in [3.63, 3.8) is 0 Å². The van der Waals surface area contributed by atoms with Crippen LogP contribution in [0.1, 0.15) is 29.1 Å². The van der Waals surface area contributed by atoms with E-state index in [1.165, 1.54) is 16.9 Å². The zero-order valence-corrected chi connectivity index (χ0v) is 21.4. The summed E-state index contributed by atoms with van der Waals surface area (Å²) in [5.74, 6) is -0.295. The summed E-state index contributed by atoms with van der Waals surface area (Å²) in [6, 6.07) is 17.4. The minimum Gasteiger partial charge on any atom is -0.755 e. The van der Waals surface area contributed by atoms with Crippen molar-refractivity contribution in [2.24, 2.45) is 0 Å². The lowest BCUT2D eigenvalue weighted by Gasteiger charge is -2.22. The lowest BCUT2D eigenvalue weighted by molar-refractivity contribution is -0.142. The molecular weight excluding hydrogens is 504 g/mol. The van der Waals surface area contributed by atoms with Gasteiger partial charge < -0.3 is 24.6 Å². The summed E-state index contributed by atoms with van der Waals surface area (Å²) in [6.07, 6.45) is 0.785. The first-order valence-electron chi connectivity index (χ1n) is 11.0. The number of carbonyl (C=O) groups is 1. The van der Waals surface area contributed by atoms with Gasteiger partial charge in [0.15, 0.2) is 5.13 Å². The van der Waals surface area contributed by atoms with Gasteiger partial charge in [0.25, 0.3) is 0 Å². The molecule has 3 atom stereocenters. The zero-order valence-electron chi connectivity index (χ0n) is 18.9. The summed E-state index contributed by atoms with van der Waals surface area (Å²) >= 11 is 0.793. The molecule has 2 aromatic carbocycles. The molecule has 0 amide bonds. The van der Waals surface area contributed by atoms with Crippen molar-refractivity contribution in [3.05, 3.63) is 87.9 Å². The van der Waals surface area contributed by atoms with Crippen LogP contribution < -0.4 is 15.4 Å². The van der Waals surface area contributed by atoms with Gasteiger partial charge in [-0.15, -0.1) is 23.1 Å². The van der Waals surface area contributed by atoms with Crippen molar-refractivity contribution in [2.45, 2.75) is 31.2 Å². The van der Waals surface area contributed by atoms with E-state index in [1.54, 1.807) is 30.8 Å². The lowest BCUT2D eigenvalue weighted by Crippen LogP contribution is -2.31. The molecule has 0 radical (unpaired) electrons. The topological polar surface area (TPSA) is 115 Å². The Bertz CT molecular complexity index is 1180. The van der Waals surface area contributed by atoms with E-state index in [0.29, 0.717) is 29.5 Å². The molecule has 0 bridgehead atoms. The number of hydrogen-bond donors (Lipinski definition) is 3. The van der Waals surface area contributed by atoms with Crippen LogP contribution in [-0.2, 0) is 33.6 Å². The van der Waals surface area contributed by atoms with Gasteiger partial charge in [0, 0.05) is 28.0 Å². The fourth-order valence-corrected chi connectivity index (χ4v) is 5.70. The molecule has 0 fully saturated rings. The molecule has 184 valence electrons. The summed E-state index contributed by atoms with van der Waals surface area (Å²) in [5, 5.41) is 11.9. The Morgan fingerprint density at radius 2 is 2.00 bits per heavy atom. The van der Waals surface area contributed by atoms with Crippen LogP contribution in [0.2, 0.25) is 0 Å². The lowest BCUT2D eigenvalue weighted by atomic mass is 10.0. The summed E-state index contributed by atoms with van der Waals surface area (Å²) in [4.78, 5) is 16.4. The van der Waals surface area contributed by atoms with Crippen molar-refractivity contribution in [3.8, 4) is 0 Å². The van der Waals surface area contributed by atoms with Crippen LogP contribution in [0.4, 0.5) is 10.8 Å². The minimum atomic E-state index is -2.36. The number of esters is 1. The highest BCUT2D eigenvalue weighted by molar-refractivity contribution is 8.02. The molecule has 1 aliphatic rings. The Hall–Kier alpha value is -2.86. The number of thiazole rings is 1. The van der Waals surface area contributed by atoms with Crippen LogP contribution in [0.5, 0.6) is 0 Å². The smallest absolute Gasteiger partial charge is 0.311 e. The number of benzene rings is 2. The molecule has 1 aliphatic heterocycles. The molecule has 2 heterocycles. The number of carbonyl (C=O) groups excluding carboxylic acids is 1. The first kappa shape index (κ1) is 25.2. The Morgan fingerprint density at radius 3 is 2.71 bits per heavy atom. The van der Waals surface area contributed by atoms with Gasteiger partial charge >= 0.3 is 5.97 Å². The summed E-state index contributed by atoms with van der Waals surface area (Å²) in [7, 11) is 0. The molecule has 0 spiro atoms. The Balaban J connectivity index is 1.49. The number of aromatic nitrogens is 1. The van der Waals surface area contributed by atoms with Crippen LogP contribution in [-0.4, -0.2) is 32.4 Å². The molecule has 3 N–H and O–H groups in total. The Kier molecular flexibility index (Phi) is 8.80. The summed E-state index contributed by atoms with van der Waals surface area (Å²) in [5.41, 5.74) is 4.43. The molecule has 2 unspecified atom stereocenters. The van der Waals surface area contributed by atoms with E-state index < -0.39 is 11.3 Å². The number of ether oxygens (including phenoxy) is 1. The van der Waals surface area contributed by atoms with Crippen molar-refractivity contribution in [1.82, 2.24) is 10.3 Å². The Labute approximate surface area is 215 Å². The number of hydrogen-bond acceptors (Lipinski definition) is 9. The third-order valence-electron chi connectivity index (χ3n) is 5.18. The van der Waals surface area contributed by atoms with Crippen LogP contribution in [0.25, 0.3) is 0 Å². The fourth-order valence-electron chi connectivity index (χ4n) is 3.58. The third kappa shape index (κ3) is 7.31. The normalized spacial score (nSPS) is 16.6. The van der Waals surface area contributed by atoms with E-state index >= 15 is 0 Å². The van der Waals surface area contributed by atoms with Crippen molar-refractivity contribution in [2.75, 3.05) is 16.6 Å². The highest BCUT2D eigenvalue weighted by Crippen LogP contribution is 2.36. The molecule has 3 aromatic rings. The SMILES string of the molecule is CCOC(=O)Cc1csc(N[C@@H](Cc2ccc(NS(=O)[O-])cc2)C2=CSC(c3ccccc3)N2)n1. The third-order valence-corrected chi connectivity index (χ3v) is 7.46. The van der Waals surface area contributed by atoms with Crippen LogP contribution in [0.3, 0.4) is 0 Å². The first-order chi connectivity index (χ1) is 17.0. The van der Waals surface area contributed by atoms with E-state index in [0.717, 1.165) is 11.3 Å². The van der Waals surface area contributed by atoms with Gasteiger partial charge in [-0.25, -0.2) is 4.98 Å². The molecule has 11 heteroatoms. The highest BCUT2D eigenvalue weighted by Gasteiger charge is 2.25. The monoisotopic (exact) mass is 529 g/mol.